The first-order chi connectivity index (χ1) is 8.97. The molecule has 0 saturated heterocycles. The van der Waals surface area contributed by atoms with Crippen LogP contribution in [0.15, 0.2) is 30.3 Å². The Labute approximate surface area is 116 Å². The van der Waals surface area contributed by atoms with Crippen LogP contribution in [-0.4, -0.2) is 19.1 Å². The zero-order valence-electron chi connectivity index (χ0n) is 12.5. The van der Waals surface area contributed by atoms with Gasteiger partial charge in [0.2, 0.25) is 0 Å². The van der Waals surface area contributed by atoms with Gasteiger partial charge < -0.3 is 10.1 Å². The average Bonchev–Trinajstić information content (AvgIpc) is 2.37. The van der Waals surface area contributed by atoms with Crippen molar-refractivity contribution in [3.63, 3.8) is 0 Å². The molecule has 3 heteroatoms. The maximum atomic E-state index is 12.4. The van der Waals surface area contributed by atoms with Crippen LogP contribution < -0.4 is 5.32 Å². The van der Waals surface area contributed by atoms with E-state index in [9.17, 15) is 4.79 Å². The lowest BCUT2D eigenvalue weighted by molar-refractivity contribution is -0.132. The lowest BCUT2D eigenvalue weighted by Gasteiger charge is -2.28. The molecule has 1 aromatic rings. The normalized spacial score (nSPS) is 13.1. The smallest absolute Gasteiger partial charge is 0.253 e. The fraction of sp³-hybridized carbons (Fsp3) is 0.562. The summed E-state index contributed by atoms with van der Waals surface area (Å²) in [5, 5.41) is 3.10. The molecule has 1 amide bonds. The van der Waals surface area contributed by atoms with Gasteiger partial charge in [0.15, 0.2) is 6.10 Å². The summed E-state index contributed by atoms with van der Waals surface area (Å²) in [5.74, 6) is 0.732. The van der Waals surface area contributed by atoms with Crippen LogP contribution in [0.1, 0.15) is 39.4 Å². The van der Waals surface area contributed by atoms with Gasteiger partial charge in [-0.2, -0.15) is 0 Å². The van der Waals surface area contributed by atoms with Crippen molar-refractivity contribution in [3.8, 4) is 0 Å². The first-order valence-electron chi connectivity index (χ1n) is 6.85. The summed E-state index contributed by atoms with van der Waals surface area (Å²) in [7, 11) is 1.57. The number of hydrogen-bond acceptors (Lipinski definition) is 2. The second-order valence-corrected chi connectivity index (χ2v) is 5.55. The summed E-state index contributed by atoms with van der Waals surface area (Å²) in [6.07, 6.45) is -0.541. The van der Waals surface area contributed by atoms with Gasteiger partial charge in [0.1, 0.15) is 0 Å². The Hall–Kier alpha value is -1.35. The van der Waals surface area contributed by atoms with Gasteiger partial charge in [0.25, 0.3) is 5.91 Å². The topological polar surface area (TPSA) is 38.3 Å². The van der Waals surface area contributed by atoms with Crippen LogP contribution in [0, 0.1) is 11.8 Å². The summed E-state index contributed by atoms with van der Waals surface area (Å²) in [6.45, 7) is 8.48. The van der Waals surface area contributed by atoms with Gasteiger partial charge in [-0.3, -0.25) is 4.79 Å². The first-order valence-corrected chi connectivity index (χ1v) is 6.85. The molecule has 0 aromatic heterocycles. The van der Waals surface area contributed by atoms with E-state index < -0.39 is 6.10 Å². The summed E-state index contributed by atoms with van der Waals surface area (Å²) in [4.78, 5) is 12.4. The minimum atomic E-state index is -0.541. The van der Waals surface area contributed by atoms with Crippen LogP contribution in [-0.2, 0) is 9.53 Å². The standard InChI is InChI=1S/C16H25NO2/c1-11(2)14(12(3)4)17-16(18)15(19-5)13-9-7-6-8-10-13/h6-12,14-15H,1-5H3,(H,17,18)/t15-/m0/s1. The zero-order chi connectivity index (χ0) is 14.4. The lowest BCUT2D eigenvalue weighted by atomic mass is 9.93. The number of ether oxygens (including phenoxy) is 1. The van der Waals surface area contributed by atoms with Crippen molar-refractivity contribution in [1.29, 1.82) is 0 Å². The molecule has 106 valence electrons. The molecule has 0 aliphatic heterocycles. The third-order valence-corrected chi connectivity index (χ3v) is 3.32. The molecule has 1 N–H and O–H groups in total. The molecule has 0 radical (unpaired) electrons. The zero-order valence-corrected chi connectivity index (χ0v) is 12.5. The van der Waals surface area contributed by atoms with Crippen molar-refractivity contribution in [2.45, 2.75) is 39.8 Å². The minimum absolute atomic E-state index is 0.0684. The van der Waals surface area contributed by atoms with Crippen molar-refractivity contribution in [1.82, 2.24) is 5.32 Å². The second-order valence-electron chi connectivity index (χ2n) is 5.55. The Kier molecular flexibility index (Phi) is 6.03. The second kappa shape index (κ2) is 7.29. The quantitative estimate of drug-likeness (QED) is 0.856. The maximum absolute atomic E-state index is 12.4. The summed E-state index contributed by atoms with van der Waals surface area (Å²) < 4.78 is 5.35. The molecule has 0 aliphatic carbocycles. The molecule has 19 heavy (non-hydrogen) atoms. The van der Waals surface area contributed by atoms with E-state index in [1.807, 2.05) is 30.3 Å². The third kappa shape index (κ3) is 4.35. The fourth-order valence-electron chi connectivity index (χ4n) is 2.37. The summed E-state index contributed by atoms with van der Waals surface area (Å²) in [5.41, 5.74) is 0.883. The minimum Gasteiger partial charge on any atom is -0.367 e. The Balaban J connectivity index is 2.80. The number of nitrogens with one attached hydrogen (secondary N) is 1. The van der Waals surface area contributed by atoms with Crippen LogP contribution in [0.5, 0.6) is 0 Å². The van der Waals surface area contributed by atoms with Crippen LogP contribution in [0.4, 0.5) is 0 Å². The SMILES string of the molecule is CO[C@H](C(=O)NC(C(C)C)C(C)C)c1ccccc1. The highest BCUT2D eigenvalue weighted by Crippen LogP contribution is 2.19. The van der Waals surface area contributed by atoms with Crippen molar-refractivity contribution >= 4 is 5.91 Å². The molecule has 1 atom stereocenters. The van der Waals surface area contributed by atoms with Gasteiger partial charge in [0.05, 0.1) is 0 Å². The number of benzene rings is 1. The molecule has 0 spiro atoms. The van der Waals surface area contributed by atoms with Crippen molar-refractivity contribution in [2.75, 3.05) is 7.11 Å². The van der Waals surface area contributed by atoms with E-state index in [0.29, 0.717) is 11.8 Å². The van der Waals surface area contributed by atoms with Gasteiger partial charge in [-0.05, 0) is 17.4 Å². The van der Waals surface area contributed by atoms with E-state index in [-0.39, 0.29) is 11.9 Å². The highest BCUT2D eigenvalue weighted by molar-refractivity contribution is 5.82. The number of carbonyl (C=O) groups is 1. The Morgan fingerprint density at radius 3 is 2.00 bits per heavy atom. The Morgan fingerprint density at radius 1 is 1.05 bits per heavy atom. The summed E-state index contributed by atoms with van der Waals surface area (Å²) >= 11 is 0. The predicted octanol–water partition coefficient (Wildman–Crippen LogP) is 3.17. The van der Waals surface area contributed by atoms with Crippen LogP contribution >= 0.6 is 0 Å². The van der Waals surface area contributed by atoms with Gasteiger partial charge in [-0.15, -0.1) is 0 Å². The molecular formula is C16H25NO2. The molecule has 1 aromatic carbocycles. The fourth-order valence-corrected chi connectivity index (χ4v) is 2.37. The number of methoxy groups -OCH3 is 1. The molecule has 0 fully saturated rings. The number of rotatable bonds is 6. The number of hydrogen-bond donors (Lipinski definition) is 1. The van der Waals surface area contributed by atoms with Crippen molar-refractivity contribution < 1.29 is 9.53 Å². The van der Waals surface area contributed by atoms with Gasteiger partial charge >= 0.3 is 0 Å². The van der Waals surface area contributed by atoms with Gasteiger partial charge in [-0.25, -0.2) is 0 Å². The van der Waals surface area contributed by atoms with E-state index in [1.54, 1.807) is 7.11 Å². The molecule has 0 heterocycles. The molecule has 0 saturated carbocycles. The van der Waals surface area contributed by atoms with E-state index in [4.69, 9.17) is 4.74 Å². The Bertz CT molecular complexity index is 379. The highest BCUT2D eigenvalue weighted by atomic mass is 16.5. The number of carbonyl (C=O) groups excluding carboxylic acids is 1. The highest BCUT2D eigenvalue weighted by Gasteiger charge is 2.25. The molecule has 1 rings (SSSR count). The molecule has 0 bridgehead atoms. The van der Waals surface area contributed by atoms with E-state index in [0.717, 1.165) is 5.56 Å². The summed E-state index contributed by atoms with van der Waals surface area (Å²) in [6, 6.07) is 9.74. The first kappa shape index (κ1) is 15.7. The van der Waals surface area contributed by atoms with Crippen LogP contribution in [0.3, 0.4) is 0 Å². The molecule has 0 aliphatic rings. The number of amides is 1. The molecule has 0 unspecified atom stereocenters. The average molecular weight is 263 g/mol. The van der Waals surface area contributed by atoms with Gasteiger partial charge in [-0.1, -0.05) is 58.0 Å². The largest absolute Gasteiger partial charge is 0.367 e. The lowest BCUT2D eigenvalue weighted by Crippen LogP contribution is -2.44. The Morgan fingerprint density at radius 2 is 1.58 bits per heavy atom. The monoisotopic (exact) mass is 263 g/mol. The van der Waals surface area contributed by atoms with Crippen LogP contribution in [0.2, 0.25) is 0 Å². The molecular weight excluding hydrogens is 238 g/mol. The third-order valence-electron chi connectivity index (χ3n) is 3.32. The van der Waals surface area contributed by atoms with Crippen molar-refractivity contribution in [2.24, 2.45) is 11.8 Å². The maximum Gasteiger partial charge on any atom is 0.253 e. The van der Waals surface area contributed by atoms with Crippen LogP contribution in [0.25, 0.3) is 0 Å². The van der Waals surface area contributed by atoms with E-state index in [2.05, 4.69) is 33.0 Å². The van der Waals surface area contributed by atoms with Gasteiger partial charge in [0, 0.05) is 13.2 Å². The predicted molar refractivity (Wildman–Crippen MR) is 77.8 cm³/mol. The molecule has 3 nitrogen and oxygen atoms in total. The van der Waals surface area contributed by atoms with E-state index in [1.165, 1.54) is 0 Å². The van der Waals surface area contributed by atoms with E-state index >= 15 is 0 Å². The van der Waals surface area contributed by atoms with Crippen molar-refractivity contribution in [3.05, 3.63) is 35.9 Å².